The average Bonchev–Trinajstić information content (AvgIpc) is 3.60. The molecule has 0 bridgehead atoms. The van der Waals surface area contributed by atoms with E-state index in [9.17, 15) is 27.5 Å². The number of benzene rings is 2. The summed E-state index contributed by atoms with van der Waals surface area (Å²) in [5.41, 5.74) is 0.754. The normalized spacial score (nSPS) is 18.8. The van der Waals surface area contributed by atoms with Gasteiger partial charge < -0.3 is 19.3 Å². The molecule has 0 spiro atoms. The van der Waals surface area contributed by atoms with E-state index in [1.54, 1.807) is 30.0 Å². The summed E-state index contributed by atoms with van der Waals surface area (Å²) in [4.78, 5) is 17.2. The Morgan fingerprint density at radius 2 is 1.86 bits per heavy atom. The van der Waals surface area contributed by atoms with Gasteiger partial charge in [0, 0.05) is 30.6 Å². The van der Waals surface area contributed by atoms with E-state index < -0.39 is 29.4 Å². The summed E-state index contributed by atoms with van der Waals surface area (Å²) in [6, 6.07) is 8.31. The second kappa shape index (κ2) is 9.63. The fourth-order valence-corrected chi connectivity index (χ4v) is 5.21. The van der Waals surface area contributed by atoms with E-state index in [0.717, 1.165) is 30.5 Å². The topological polar surface area (TPSA) is 67.6 Å². The maximum Gasteiger partial charge on any atom is 0.416 e. The summed E-state index contributed by atoms with van der Waals surface area (Å²) < 4.78 is 63.1. The van der Waals surface area contributed by atoms with Gasteiger partial charge >= 0.3 is 12.3 Å². The maximum absolute atomic E-state index is 13.8. The lowest BCUT2D eigenvalue weighted by Gasteiger charge is -2.41. The molecule has 198 valence electrons. The molecule has 1 amide bonds. The number of alkyl halides is 3. The number of piperidine rings is 1. The van der Waals surface area contributed by atoms with Crippen LogP contribution in [-0.4, -0.2) is 45.3 Å². The number of fused-ring (bicyclic) bond motifs is 1. The van der Waals surface area contributed by atoms with Gasteiger partial charge in [0.2, 0.25) is 0 Å². The van der Waals surface area contributed by atoms with Crippen molar-refractivity contribution in [2.24, 2.45) is 5.92 Å². The van der Waals surface area contributed by atoms with Crippen LogP contribution in [0.25, 0.3) is 11.0 Å². The average molecular weight is 520 g/mol. The van der Waals surface area contributed by atoms with Gasteiger partial charge in [-0.1, -0.05) is 12.1 Å². The molecule has 1 aromatic heterocycles. The molecule has 0 radical (unpaired) electrons. The van der Waals surface area contributed by atoms with Crippen molar-refractivity contribution in [3.63, 3.8) is 0 Å². The number of rotatable bonds is 7. The minimum atomic E-state index is -4.52. The van der Waals surface area contributed by atoms with Crippen LogP contribution >= 0.6 is 0 Å². The van der Waals surface area contributed by atoms with Crippen molar-refractivity contribution in [1.29, 1.82) is 0 Å². The molecule has 3 aromatic rings. The van der Waals surface area contributed by atoms with Crippen LogP contribution in [0.4, 0.5) is 22.4 Å². The number of carbonyl (C=O) groups is 1. The third-order valence-corrected chi connectivity index (χ3v) is 7.73. The lowest BCUT2D eigenvalue weighted by Crippen LogP contribution is -2.47. The second-order valence-corrected chi connectivity index (χ2v) is 10.3. The van der Waals surface area contributed by atoms with Crippen molar-refractivity contribution in [1.82, 2.24) is 14.5 Å². The Kier molecular flexibility index (Phi) is 6.64. The number of halogens is 4. The molecule has 10 heteroatoms. The van der Waals surface area contributed by atoms with Gasteiger partial charge in [-0.05, 0) is 68.4 Å². The largest absolute Gasteiger partial charge is 0.465 e. The number of nitrogens with zero attached hydrogens (tertiary/aromatic N) is 3. The highest BCUT2D eigenvalue weighted by Gasteiger charge is 2.39. The Labute approximate surface area is 211 Å². The zero-order valence-corrected chi connectivity index (χ0v) is 20.5. The van der Waals surface area contributed by atoms with E-state index >= 15 is 0 Å². The molecule has 37 heavy (non-hydrogen) atoms. The van der Waals surface area contributed by atoms with Crippen LogP contribution in [-0.2, 0) is 22.9 Å². The molecule has 2 aliphatic rings. The van der Waals surface area contributed by atoms with E-state index in [-0.39, 0.29) is 25.5 Å². The number of ether oxygens (including phenoxy) is 1. The van der Waals surface area contributed by atoms with Gasteiger partial charge in [-0.15, -0.1) is 0 Å². The maximum atomic E-state index is 13.8. The number of carboxylic acid groups (broad SMARTS) is 1. The number of likely N-dealkylation sites (tertiary alicyclic amines) is 1. The summed E-state index contributed by atoms with van der Waals surface area (Å²) in [5, 5.41) is 9.38. The van der Waals surface area contributed by atoms with Crippen LogP contribution in [0.3, 0.4) is 0 Å². The van der Waals surface area contributed by atoms with E-state index in [1.165, 1.54) is 17.0 Å². The molecule has 1 aliphatic heterocycles. The Balaban J connectivity index is 1.44. The zero-order chi connectivity index (χ0) is 26.4. The highest BCUT2D eigenvalue weighted by molar-refractivity contribution is 5.80. The van der Waals surface area contributed by atoms with Crippen LogP contribution in [0.5, 0.6) is 0 Å². The van der Waals surface area contributed by atoms with Gasteiger partial charge in [0.05, 0.1) is 35.6 Å². The van der Waals surface area contributed by atoms with Gasteiger partial charge in [0.25, 0.3) is 0 Å². The predicted octanol–water partition coefficient (Wildman–Crippen LogP) is 6.39. The summed E-state index contributed by atoms with van der Waals surface area (Å²) >= 11 is 0. The predicted molar refractivity (Wildman–Crippen MR) is 129 cm³/mol. The van der Waals surface area contributed by atoms with Crippen LogP contribution in [0.15, 0.2) is 42.7 Å². The lowest BCUT2D eigenvalue weighted by atomic mass is 9.73. The summed E-state index contributed by atoms with van der Waals surface area (Å²) in [6.45, 7) is 3.06. The number of aromatic nitrogens is 2. The molecular formula is C27H29F4N3O3. The molecule has 1 atom stereocenters. The van der Waals surface area contributed by atoms with Crippen molar-refractivity contribution in [2.45, 2.75) is 56.8 Å². The monoisotopic (exact) mass is 519 g/mol. The van der Waals surface area contributed by atoms with Crippen molar-refractivity contribution in [3.05, 3.63) is 65.2 Å². The molecule has 1 N–H and O–H groups in total. The van der Waals surface area contributed by atoms with Gasteiger partial charge in [-0.2, -0.15) is 13.2 Å². The quantitative estimate of drug-likeness (QED) is 0.367. The molecule has 5 rings (SSSR count). The third-order valence-electron chi connectivity index (χ3n) is 7.73. The minimum Gasteiger partial charge on any atom is -0.465 e. The molecule has 1 unspecified atom stereocenters. The van der Waals surface area contributed by atoms with Gasteiger partial charge in [0.1, 0.15) is 5.82 Å². The summed E-state index contributed by atoms with van der Waals surface area (Å²) in [6.07, 6.45) is -1.60. The van der Waals surface area contributed by atoms with E-state index in [4.69, 9.17) is 4.74 Å². The zero-order valence-electron chi connectivity index (χ0n) is 20.5. The molecule has 6 nitrogen and oxygen atoms in total. The van der Waals surface area contributed by atoms with Crippen molar-refractivity contribution in [3.8, 4) is 0 Å². The summed E-state index contributed by atoms with van der Waals surface area (Å²) in [5.74, 6) is 0.0839. The van der Waals surface area contributed by atoms with E-state index in [0.29, 0.717) is 41.9 Å². The van der Waals surface area contributed by atoms with Gasteiger partial charge in [-0.25, -0.2) is 14.2 Å². The Bertz CT molecular complexity index is 1280. The Hall–Kier alpha value is -3.14. The Morgan fingerprint density at radius 3 is 2.46 bits per heavy atom. The fraction of sp³-hybridized carbons (Fsp3) is 0.481. The first kappa shape index (κ1) is 25.5. The van der Waals surface area contributed by atoms with Crippen LogP contribution in [0, 0.1) is 11.7 Å². The van der Waals surface area contributed by atoms with Crippen molar-refractivity contribution >= 4 is 17.1 Å². The number of imidazole rings is 1. The minimum absolute atomic E-state index is 0.147. The van der Waals surface area contributed by atoms with Crippen LogP contribution < -0.4 is 0 Å². The number of hydrogen-bond donors (Lipinski definition) is 1. The first-order valence-electron chi connectivity index (χ1n) is 12.5. The van der Waals surface area contributed by atoms with Crippen LogP contribution in [0.2, 0.25) is 0 Å². The van der Waals surface area contributed by atoms with Gasteiger partial charge in [0.15, 0.2) is 0 Å². The first-order valence-corrected chi connectivity index (χ1v) is 12.5. The molecular weight excluding hydrogens is 490 g/mol. The Morgan fingerprint density at radius 1 is 1.19 bits per heavy atom. The second-order valence-electron chi connectivity index (χ2n) is 10.3. The van der Waals surface area contributed by atoms with Crippen molar-refractivity contribution < 1.29 is 32.2 Å². The van der Waals surface area contributed by atoms with Crippen LogP contribution in [0.1, 0.15) is 55.4 Å². The smallest absolute Gasteiger partial charge is 0.416 e. The molecule has 1 saturated heterocycles. The SMILES string of the molecule is CC(OCC1(c2ccc(F)cc2)CCN(C(=O)O)CC1)c1cc(C(F)(F)F)cc2c1ncn2CC1CC1. The van der Waals surface area contributed by atoms with E-state index in [1.807, 2.05) is 0 Å². The molecule has 2 aromatic carbocycles. The lowest BCUT2D eigenvalue weighted by molar-refractivity contribution is -0.137. The summed E-state index contributed by atoms with van der Waals surface area (Å²) in [7, 11) is 0. The molecule has 1 saturated carbocycles. The molecule has 1 aliphatic carbocycles. The van der Waals surface area contributed by atoms with Crippen molar-refractivity contribution in [2.75, 3.05) is 19.7 Å². The van der Waals surface area contributed by atoms with E-state index in [2.05, 4.69) is 4.98 Å². The number of amides is 1. The molecule has 2 fully saturated rings. The number of hydrogen-bond acceptors (Lipinski definition) is 3. The fourth-order valence-electron chi connectivity index (χ4n) is 5.21. The highest BCUT2D eigenvalue weighted by atomic mass is 19.4. The third kappa shape index (κ3) is 5.30. The molecule has 2 heterocycles. The highest BCUT2D eigenvalue weighted by Crippen LogP contribution is 2.40. The standard InChI is InChI=1S/C27H29F4N3O3/c1-17(22-12-20(27(29,30)31)13-23-24(22)32-16-34(23)14-18-2-3-18)37-15-26(19-4-6-21(28)7-5-19)8-10-33(11-9-26)25(35)36/h4-7,12-13,16-18H,2-3,8-11,14-15H2,1H3,(H,35,36). The first-order chi connectivity index (χ1) is 17.6. The van der Waals surface area contributed by atoms with Gasteiger partial charge in [-0.3, -0.25) is 0 Å².